The number of carbonyl (C=O) groups excluding carboxylic acids is 1. The van der Waals surface area contributed by atoms with Gasteiger partial charge in [-0.25, -0.2) is 4.68 Å². The summed E-state index contributed by atoms with van der Waals surface area (Å²) in [4.78, 5) is 13.5. The Labute approximate surface area is 193 Å². The van der Waals surface area contributed by atoms with Crippen molar-refractivity contribution < 1.29 is 9.53 Å². The molecule has 3 heterocycles. The van der Waals surface area contributed by atoms with Gasteiger partial charge in [-0.15, -0.1) is 21.5 Å². The second kappa shape index (κ2) is 9.80. The maximum Gasteiger partial charge on any atom is 0.316 e. The fraction of sp³-hybridized carbons (Fsp3) is 0.227. The van der Waals surface area contributed by atoms with Crippen LogP contribution in [0, 0.1) is 18.3 Å². The second-order valence-electron chi connectivity index (χ2n) is 6.74. The van der Waals surface area contributed by atoms with Gasteiger partial charge in [0.1, 0.15) is 18.2 Å². The van der Waals surface area contributed by atoms with Gasteiger partial charge in [0.25, 0.3) is 0 Å². The van der Waals surface area contributed by atoms with Gasteiger partial charge in [0, 0.05) is 6.54 Å². The van der Waals surface area contributed by atoms with Gasteiger partial charge in [-0.05, 0) is 37.4 Å². The third kappa shape index (κ3) is 4.44. The normalized spacial score (nSPS) is 10.8. The molecule has 0 aliphatic heterocycles. The highest BCUT2D eigenvalue weighted by molar-refractivity contribution is 7.99. The molecule has 4 rings (SSSR count). The monoisotopic (exact) mass is 464 g/mol. The molecule has 1 aromatic carbocycles. The van der Waals surface area contributed by atoms with Gasteiger partial charge in [-0.2, -0.15) is 10.4 Å². The van der Waals surface area contributed by atoms with Crippen molar-refractivity contribution in [3.63, 3.8) is 0 Å². The fourth-order valence-corrected chi connectivity index (χ4v) is 4.74. The molecule has 0 bridgehead atoms. The van der Waals surface area contributed by atoms with Crippen molar-refractivity contribution in [3.8, 4) is 22.5 Å². The van der Waals surface area contributed by atoms with Crippen molar-refractivity contribution >= 4 is 29.1 Å². The quantitative estimate of drug-likeness (QED) is 0.284. The summed E-state index contributed by atoms with van der Waals surface area (Å²) in [6.45, 7) is 4.43. The summed E-state index contributed by atoms with van der Waals surface area (Å²) in [6.07, 6.45) is 0. The highest BCUT2D eigenvalue weighted by atomic mass is 32.2. The summed E-state index contributed by atoms with van der Waals surface area (Å²) >= 11 is 2.88. The minimum absolute atomic E-state index is 0.0427. The van der Waals surface area contributed by atoms with Gasteiger partial charge in [0.2, 0.25) is 0 Å². The van der Waals surface area contributed by atoms with Crippen LogP contribution in [-0.2, 0) is 22.7 Å². The van der Waals surface area contributed by atoms with Gasteiger partial charge < -0.3 is 9.30 Å². The lowest BCUT2D eigenvalue weighted by Crippen LogP contribution is -2.12. The molecular weight excluding hydrogens is 444 g/mol. The summed E-state index contributed by atoms with van der Waals surface area (Å²) in [5.74, 6) is 0.475. The van der Waals surface area contributed by atoms with Crippen LogP contribution in [0.5, 0.6) is 0 Å². The first-order valence-corrected chi connectivity index (χ1v) is 11.8. The lowest BCUT2D eigenvalue weighted by atomic mass is 10.2. The molecule has 0 amide bonds. The average molecular weight is 465 g/mol. The molecule has 0 atom stereocenters. The van der Waals surface area contributed by atoms with Crippen LogP contribution in [-0.4, -0.2) is 36.3 Å². The van der Waals surface area contributed by atoms with E-state index < -0.39 is 5.97 Å². The molecule has 0 fully saturated rings. The minimum Gasteiger partial charge on any atom is -0.458 e. The molecule has 0 N–H and O–H groups in total. The lowest BCUT2D eigenvalue weighted by Gasteiger charge is -2.09. The predicted molar refractivity (Wildman–Crippen MR) is 123 cm³/mol. The number of thiophene rings is 1. The maximum absolute atomic E-state index is 12.5. The number of thioether (sulfide) groups is 1. The number of carbonyl (C=O) groups is 1. The zero-order valence-corrected chi connectivity index (χ0v) is 19.2. The van der Waals surface area contributed by atoms with E-state index >= 15 is 0 Å². The van der Waals surface area contributed by atoms with Crippen molar-refractivity contribution in [3.05, 3.63) is 64.8 Å². The van der Waals surface area contributed by atoms with Crippen molar-refractivity contribution in [2.45, 2.75) is 32.2 Å². The van der Waals surface area contributed by atoms with Crippen LogP contribution >= 0.6 is 23.1 Å². The molecule has 4 aromatic rings. The van der Waals surface area contributed by atoms with Crippen LogP contribution in [0.1, 0.15) is 23.9 Å². The van der Waals surface area contributed by atoms with Crippen LogP contribution in [0.3, 0.4) is 0 Å². The minimum atomic E-state index is -0.402. The van der Waals surface area contributed by atoms with Crippen LogP contribution in [0.4, 0.5) is 0 Å². The second-order valence-corrected chi connectivity index (χ2v) is 8.63. The molecule has 32 heavy (non-hydrogen) atoms. The highest BCUT2D eigenvalue weighted by Gasteiger charge is 2.19. The number of aryl methyl sites for hydroxylation is 1. The van der Waals surface area contributed by atoms with Gasteiger partial charge >= 0.3 is 5.97 Å². The number of rotatable bonds is 8. The van der Waals surface area contributed by atoms with Gasteiger partial charge in [-0.1, -0.05) is 36.0 Å². The van der Waals surface area contributed by atoms with Crippen LogP contribution in [0.2, 0.25) is 0 Å². The third-order valence-electron chi connectivity index (χ3n) is 4.73. The topological polar surface area (TPSA) is 98.6 Å². The average Bonchev–Trinajstić information content (AvgIpc) is 3.54. The van der Waals surface area contributed by atoms with Gasteiger partial charge in [0.05, 0.1) is 27.7 Å². The van der Waals surface area contributed by atoms with Gasteiger partial charge in [0.15, 0.2) is 11.0 Å². The molecule has 0 radical (unpaired) electrons. The SMILES string of the molecule is CCn1c(SCC(=O)OCc2c(C#N)c(C)nn2-c2ccccc2)nnc1-c1cccs1. The maximum atomic E-state index is 12.5. The standard InChI is InChI=1S/C22H20N6O2S2/c1-3-27-21(19-10-7-11-31-19)24-25-22(27)32-14-20(29)30-13-18-17(12-23)15(2)26-28(18)16-8-5-4-6-9-16/h4-11H,3,13-14H2,1-2H3. The number of nitriles is 1. The number of benzene rings is 1. The molecule has 10 heteroatoms. The van der Waals surface area contributed by atoms with Crippen molar-refractivity contribution in [1.29, 1.82) is 5.26 Å². The van der Waals surface area contributed by atoms with Crippen molar-refractivity contribution in [2.75, 3.05) is 5.75 Å². The predicted octanol–water partition coefficient (Wildman–Crippen LogP) is 4.23. The molecule has 0 aliphatic rings. The largest absolute Gasteiger partial charge is 0.458 e. The highest BCUT2D eigenvalue weighted by Crippen LogP contribution is 2.27. The van der Waals surface area contributed by atoms with E-state index in [1.807, 2.05) is 59.3 Å². The van der Waals surface area contributed by atoms with Crippen molar-refractivity contribution in [2.24, 2.45) is 0 Å². The Morgan fingerprint density at radius 1 is 1.22 bits per heavy atom. The number of hydrogen-bond acceptors (Lipinski definition) is 8. The number of hydrogen-bond donors (Lipinski definition) is 0. The van der Waals surface area contributed by atoms with E-state index in [-0.39, 0.29) is 12.4 Å². The van der Waals surface area contributed by atoms with Crippen LogP contribution < -0.4 is 0 Å². The number of nitrogens with zero attached hydrogens (tertiary/aromatic N) is 6. The first-order chi connectivity index (χ1) is 15.6. The van der Waals surface area contributed by atoms with E-state index in [1.165, 1.54) is 11.8 Å². The Hall–Kier alpha value is -3.42. The number of para-hydroxylation sites is 1. The molecule has 8 nitrogen and oxygen atoms in total. The third-order valence-corrected chi connectivity index (χ3v) is 6.54. The molecule has 3 aromatic heterocycles. The molecule has 0 saturated carbocycles. The van der Waals surface area contributed by atoms with Crippen molar-refractivity contribution in [1.82, 2.24) is 24.5 Å². The Bertz CT molecular complexity index is 1260. The molecular formula is C22H20N6O2S2. The zero-order chi connectivity index (χ0) is 22.5. The smallest absolute Gasteiger partial charge is 0.316 e. The molecule has 0 unspecified atom stereocenters. The van der Waals surface area contributed by atoms with Crippen LogP contribution in [0.25, 0.3) is 16.4 Å². The van der Waals surface area contributed by atoms with E-state index in [1.54, 1.807) is 22.9 Å². The number of esters is 1. The van der Waals surface area contributed by atoms with Crippen LogP contribution in [0.15, 0.2) is 53.0 Å². The summed E-state index contributed by atoms with van der Waals surface area (Å²) < 4.78 is 9.12. The fourth-order valence-electron chi connectivity index (χ4n) is 3.22. The summed E-state index contributed by atoms with van der Waals surface area (Å²) in [5.41, 5.74) is 2.36. The summed E-state index contributed by atoms with van der Waals surface area (Å²) in [5, 5.41) is 25.2. The number of ether oxygens (including phenoxy) is 1. The Kier molecular flexibility index (Phi) is 6.68. The zero-order valence-electron chi connectivity index (χ0n) is 17.6. The van der Waals surface area contributed by atoms with E-state index in [9.17, 15) is 10.1 Å². The van der Waals surface area contributed by atoms with E-state index in [2.05, 4.69) is 21.4 Å². The van der Waals surface area contributed by atoms with E-state index in [4.69, 9.17) is 4.74 Å². The molecule has 0 saturated heterocycles. The number of aromatic nitrogens is 5. The van der Waals surface area contributed by atoms with E-state index in [0.717, 1.165) is 16.4 Å². The molecule has 0 spiro atoms. The summed E-state index contributed by atoms with van der Waals surface area (Å²) in [6, 6.07) is 15.6. The van der Waals surface area contributed by atoms with E-state index in [0.29, 0.717) is 28.7 Å². The summed E-state index contributed by atoms with van der Waals surface area (Å²) in [7, 11) is 0. The Morgan fingerprint density at radius 3 is 2.72 bits per heavy atom. The molecule has 162 valence electrons. The lowest BCUT2D eigenvalue weighted by molar-refractivity contribution is -0.141. The first-order valence-electron chi connectivity index (χ1n) is 9.91. The molecule has 0 aliphatic carbocycles. The van der Waals surface area contributed by atoms with Gasteiger partial charge in [-0.3, -0.25) is 4.79 Å². The Morgan fingerprint density at radius 2 is 2.03 bits per heavy atom. The Balaban J connectivity index is 1.44. The first kappa shape index (κ1) is 21.8.